The van der Waals surface area contributed by atoms with Crippen LogP contribution < -0.4 is 10.2 Å². The molecule has 0 aliphatic carbocycles. The van der Waals surface area contributed by atoms with Gasteiger partial charge in [-0.1, -0.05) is 11.6 Å². The van der Waals surface area contributed by atoms with Crippen LogP contribution >= 0.6 is 11.6 Å². The second-order valence-corrected chi connectivity index (χ2v) is 8.16. The molecule has 0 bridgehead atoms. The van der Waals surface area contributed by atoms with E-state index in [1.165, 1.54) is 82.6 Å². The maximum absolute atomic E-state index is 6.40. The molecule has 1 N–H and O–H groups in total. The van der Waals surface area contributed by atoms with E-state index in [-0.39, 0.29) is 0 Å². The molecule has 3 saturated heterocycles. The van der Waals surface area contributed by atoms with Crippen LogP contribution in [0.2, 0.25) is 5.02 Å². The van der Waals surface area contributed by atoms with Gasteiger partial charge in [0, 0.05) is 36.9 Å². The lowest BCUT2D eigenvalue weighted by Gasteiger charge is -2.34. The molecule has 0 radical (unpaired) electrons. The predicted octanol–water partition coefficient (Wildman–Crippen LogP) is 3.52. The van der Waals surface area contributed by atoms with Crippen LogP contribution in [0.4, 0.5) is 5.69 Å². The zero-order chi connectivity index (χ0) is 15.7. The van der Waals surface area contributed by atoms with Crippen molar-refractivity contribution in [2.45, 2.75) is 38.6 Å². The van der Waals surface area contributed by atoms with E-state index in [1.807, 2.05) is 0 Å². The number of nitrogens with one attached hydrogen (secondary N) is 1. The quantitative estimate of drug-likeness (QED) is 0.913. The molecule has 0 saturated carbocycles. The third-order valence-electron chi connectivity index (χ3n) is 6.00. The van der Waals surface area contributed by atoms with Crippen molar-refractivity contribution in [3.8, 4) is 0 Å². The van der Waals surface area contributed by atoms with Gasteiger partial charge in [-0.2, -0.15) is 0 Å². The first kappa shape index (κ1) is 15.7. The van der Waals surface area contributed by atoms with Crippen molar-refractivity contribution in [2.24, 2.45) is 5.41 Å². The van der Waals surface area contributed by atoms with Crippen LogP contribution in [0.25, 0.3) is 0 Å². The molecule has 126 valence electrons. The van der Waals surface area contributed by atoms with Gasteiger partial charge in [-0.25, -0.2) is 0 Å². The number of likely N-dealkylation sites (tertiary alicyclic amines) is 1. The Hall–Kier alpha value is -0.770. The van der Waals surface area contributed by atoms with Crippen LogP contribution in [0.1, 0.15) is 37.7 Å². The summed E-state index contributed by atoms with van der Waals surface area (Å²) in [6.07, 6.45) is 6.68. The molecule has 1 aromatic rings. The van der Waals surface area contributed by atoms with Gasteiger partial charge in [-0.15, -0.1) is 0 Å². The molecule has 3 fully saturated rings. The van der Waals surface area contributed by atoms with Crippen LogP contribution in [0, 0.1) is 5.41 Å². The highest BCUT2D eigenvalue weighted by Crippen LogP contribution is 2.39. The van der Waals surface area contributed by atoms with Gasteiger partial charge in [-0.3, -0.25) is 4.90 Å². The van der Waals surface area contributed by atoms with Gasteiger partial charge in [-0.05, 0) is 80.9 Å². The summed E-state index contributed by atoms with van der Waals surface area (Å²) in [7, 11) is 0. The summed E-state index contributed by atoms with van der Waals surface area (Å²) >= 11 is 6.40. The molecule has 3 nitrogen and oxygen atoms in total. The molecule has 1 aromatic carbocycles. The number of rotatable bonds is 3. The molecule has 1 spiro atoms. The third-order valence-corrected chi connectivity index (χ3v) is 6.22. The average Bonchev–Trinajstić information content (AvgIpc) is 3.19. The van der Waals surface area contributed by atoms with E-state index < -0.39 is 0 Å². The maximum Gasteiger partial charge on any atom is 0.0429 e. The SMILES string of the molecule is Clc1cc(CN2CCC3(CCNCC3)C2)cc(N2CCCC2)c1. The van der Waals surface area contributed by atoms with Crippen molar-refractivity contribution in [3.63, 3.8) is 0 Å². The first-order valence-corrected chi connectivity index (χ1v) is 9.58. The van der Waals surface area contributed by atoms with E-state index in [9.17, 15) is 0 Å². The van der Waals surface area contributed by atoms with Crippen molar-refractivity contribution >= 4 is 17.3 Å². The van der Waals surface area contributed by atoms with Gasteiger partial charge in [0.05, 0.1) is 0 Å². The first-order chi connectivity index (χ1) is 11.2. The van der Waals surface area contributed by atoms with Crippen LogP contribution in [0.5, 0.6) is 0 Å². The van der Waals surface area contributed by atoms with Crippen molar-refractivity contribution < 1.29 is 0 Å². The Morgan fingerprint density at radius 2 is 1.78 bits per heavy atom. The van der Waals surface area contributed by atoms with E-state index in [1.54, 1.807) is 0 Å². The van der Waals surface area contributed by atoms with E-state index in [0.29, 0.717) is 5.41 Å². The molecular weight excluding hydrogens is 306 g/mol. The largest absolute Gasteiger partial charge is 0.371 e. The highest BCUT2D eigenvalue weighted by molar-refractivity contribution is 6.30. The fraction of sp³-hybridized carbons (Fsp3) is 0.684. The van der Waals surface area contributed by atoms with Crippen molar-refractivity contribution in [2.75, 3.05) is 44.2 Å². The Kier molecular flexibility index (Phi) is 4.53. The predicted molar refractivity (Wildman–Crippen MR) is 97.3 cm³/mol. The lowest BCUT2D eigenvalue weighted by molar-refractivity contribution is 0.194. The summed E-state index contributed by atoms with van der Waals surface area (Å²) in [5.74, 6) is 0. The van der Waals surface area contributed by atoms with Crippen molar-refractivity contribution in [3.05, 3.63) is 28.8 Å². The van der Waals surface area contributed by atoms with E-state index >= 15 is 0 Å². The number of halogens is 1. The molecule has 0 atom stereocenters. The van der Waals surface area contributed by atoms with Crippen LogP contribution in [-0.4, -0.2) is 44.2 Å². The first-order valence-electron chi connectivity index (χ1n) is 9.20. The standard InChI is InChI=1S/C19H28ClN3/c20-17-11-16(12-18(13-17)23-8-1-2-9-23)14-22-10-5-19(15-22)3-6-21-7-4-19/h11-13,21H,1-10,14-15H2. The smallest absolute Gasteiger partial charge is 0.0429 e. The highest BCUT2D eigenvalue weighted by atomic mass is 35.5. The molecule has 3 aliphatic rings. The second kappa shape index (κ2) is 6.62. The third kappa shape index (κ3) is 3.52. The van der Waals surface area contributed by atoms with Crippen molar-refractivity contribution in [1.82, 2.24) is 10.2 Å². The van der Waals surface area contributed by atoms with E-state index in [0.717, 1.165) is 11.6 Å². The fourth-order valence-corrected chi connectivity index (χ4v) is 4.92. The summed E-state index contributed by atoms with van der Waals surface area (Å²) in [4.78, 5) is 5.12. The maximum atomic E-state index is 6.40. The molecule has 0 unspecified atom stereocenters. The molecular formula is C19H28ClN3. The zero-order valence-corrected chi connectivity index (χ0v) is 14.7. The Morgan fingerprint density at radius 1 is 1.00 bits per heavy atom. The molecule has 0 amide bonds. The van der Waals surface area contributed by atoms with Crippen LogP contribution in [0.3, 0.4) is 0 Å². The van der Waals surface area contributed by atoms with Crippen molar-refractivity contribution in [1.29, 1.82) is 0 Å². The molecule has 4 rings (SSSR count). The number of hydrogen-bond acceptors (Lipinski definition) is 3. The summed E-state index contributed by atoms with van der Waals surface area (Å²) in [6.45, 7) is 8.32. The molecule has 3 aliphatic heterocycles. The molecule has 3 heterocycles. The summed E-state index contributed by atoms with van der Waals surface area (Å²) in [6, 6.07) is 6.66. The Morgan fingerprint density at radius 3 is 2.57 bits per heavy atom. The number of piperidine rings is 1. The van der Waals surface area contributed by atoms with Crippen LogP contribution in [-0.2, 0) is 6.54 Å². The lowest BCUT2D eigenvalue weighted by atomic mass is 9.78. The number of hydrogen-bond donors (Lipinski definition) is 1. The molecule has 0 aromatic heterocycles. The molecule has 4 heteroatoms. The lowest BCUT2D eigenvalue weighted by Crippen LogP contribution is -2.38. The van der Waals surface area contributed by atoms with E-state index in [2.05, 4.69) is 33.3 Å². The topological polar surface area (TPSA) is 18.5 Å². The van der Waals surface area contributed by atoms with E-state index in [4.69, 9.17) is 11.6 Å². The average molecular weight is 334 g/mol. The van der Waals surface area contributed by atoms with Gasteiger partial charge in [0.2, 0.25) is 0 Å². The zero-order valence-electron chi connectivity index (χ0n) is 14.0. The van der Waals surface area contributed by atoms with Gasteiger partial charge >= 0.3 is 0 Å². The Bertz CT molecular complexity index is 548. The monoisotopic (exact) mass is 333 g/mol. The normalized spacial score (nSPS) is 24.7. The van der Waals surface area contributed by atoms with Gasteiger partial charge in [0.15, 0.2) is 0 Å². The van der Waals surface area contributed by atoms with Gasteiger partial charge < -0.3 is 10.2 Å². The van der Waals surface area contributed by atoms with Gasteiger partial charge in [0.25, 0.3) is 0 Å². The number of nitrogens with zero attached hydrogens (tertiary/aromatic N) is 2. The number of anilines is 1. The number of benzene rings is 1. The summed E-state index contributed by atoms with van der Waals surface area (Å²) in [5.41, 5.74) is 3.29. The minimum Gasteiger partial charge on any atom is -0.371 e. The summed E-state index contributed by atoms with van der Waals surface area (Å²) in [5, 5.41) is 4.39. The minimum atomic E-state index is 0.585. The Balaban J connectivity index is 1.44. The minimum absolute atomic E-state index is 0.585. The highest BCUT2D eigenvalue weighted by Gasteiger charge is 2.38. The van der Waals surface area contributed by atoms with Crippen LogP contribution in [0.15, 0.2) is 18.2 Å². The second-order valence-electron chi connectivity index (χ2n) is 7.72. The van der Waals surface area contributed by atoms with Gasteiger partial charge in [0.1, 0.15) is 0 Å². The molecule has 23 heavy (non-hydrogen) atoms. The summed E-state index contributed by atoms with van der Waals surface area (Å²) < 4.78 is 0. The Labute approximate surface area is 145 Å². The fourth-order valence-electron chi connectivity index (χ4n) is 4.67.